The van der Waals surface area contributed by atoms with Crippen molar-refractivity contribution in [1.29, 1.82) is 0 Å². The summed E-state index contributed by atoms with van der Waals surface area (Å²) < 4.78 is 6.84. The maximum Gasteiger partial charge on any atom is 0.212 e. The Kier molecular flexibility index (Phi) is 3.85. The number of rotatable bonds is 4. The first-order chi connectivity index (χ1) is 11.0. The van der Waals surface area contributed by atoms with Crippen LogP contribution in [-0.2, 0) is 12.0 Å². The van der Waals surface area contributed by atoms with Gasteiger partial charge in [0.05, 0.1) is 7.11 Å². The SMILES string of the molecule is COc1ccc(CNc2ccc3nnc(C(C)(C)C)n3n2)cn1. The van der Waals surface area contributed by atoms with Crippen molar-refractivity contribution in [3.63, 3.8) is 0 Å². The van der Waals surface area contributed by atoms with Crippen molar-refractivity contribution in [3.05, 3.63) is 41.9 Å². The lowest BCUT2D eigenvalue weighted by molar-refractivity contribution is 0.397. The molecule has 0 aliphatic rings. The van der Waals surface area contributed by atoms with E-state index >= 15 is 0 Å². The summed E-state index contributed by atoms with van der Waals surface area (Å²) in [7, 11) is 1.60. The second kappa shape index (κ2) is 5.83. The van der Waals surface area contributed by atoms with E-state index in [9.17, 15) is 0 Å². The lowest BCUT2D eigenvalue weighted by atomic mass is 9.96. The minimum Gasteiger partial charge on any atom is -0.481 e. The first kappa shape index (κ1) is 15.2. The van der Waals surface area contributed by atoms with Gasteiger partial charge in [0, 0.05) is 24.2 Å². The molecular weight excluding hydrogens is 292 g/mol. The van der Waals surface area contributed by atoms with Crippen molar-refractivity contribution in [2.24, 2.45) is 0 Å². The minimum absolute atomic E-state index is 0.120. The second-order valence-corrected chi connectivity index (χ2v) is 6.32. The molecule has 0 spiro atoms. The summed E-state index contributed by atoms with van der Waals surface area (Å²) >= 11 is 0. The Hall–Kier alpha value is -2.70. The van der Waals surface area contributed by atoms with Gasteiger partial charge in [0.1, 0.15) is 5.82 Å². The molecule has 0 aliphatic carbocycles. The van der Waals surface area contributed by atoms with Crippen LogP contribution >= 0.6 is 0 Å². The molecule has 3 aromatic heterocycles. The van der Waals surface area contributed by atoms with E-state index in [1.807, 2.05) is 24.3 Å². The third-order valence-corrected chi connectivity index (χ3v) is 3.41. The summed E-state index contributed by atoms with van der Waals surface area (Å²) in [6, 6.07) is 7.61. The molecule has 0 atom stereocenters. The van der Waals surface area contributed by atoms with E-state index < -0.39 is 0 Å². The van der Waals surface area contributed by atoms with Crippen molar-refractivity contribution in [1.82, 2.24) is 24.8 Å². The predicted octanol–water partition coefficient (Wildman–Crippen LogP) is 2.44. The number of nitrogens with one attached hydrogen (secondary N) is 1. The molecule has 0 aromatic carbocycles. The van der Waals surface area contributed by atoms with Crippen LogP contribution in [0.4, 0.5) is 5.82 Å². The predicted molar refractivity (Wildman–Crippen MR) is 87.6 cm³/mol. The summed E-state index contributed by atoms with van der Waals surface area (Å²) in [4.78, 5) is 4.19. The van der Waals surface area contributed by atoms with Crippen LogP contribution in [-0.4, -0.2) is 31.9 Å². The van der Waals surface area contributed by atoms with Crippen molar-refractivity contribution in [3.8, 4) is 5.88 Å². The van der Waals surface area contributed by atoms with Gasteiger partial charge in [-0.05, 0) is 17.7 Å². The van der Waals surface area contributed by atoms with Crippen molar-refractivity contribution < 1.29 is 4.74 Å². The molecule has 0 aliphatic heterocycles. The molecular formula is C16H20N6O. The maximum atomic E-state index is 5.06. The maximum absolute atomic E-state index is 5.06. The number of methoxy groups -OCH3 is 1. The number of anilines is 1. The van der Waals surface area contributed by atoms with E-state index in [0.717, 1.165) is 22.9 Å². The van der Waals surface area contributed by atoms with Crippen LogP contribution in [0, 0.1) is 0 Å². The number of nitrogens with zero attached hydrogens (tertiary/aromatic N) is 5. The molecule has 0 saturated carbocycles. The van der Waals surface area contributed by atoms with Crippen LogP contribution in [0.15, 0.2) is 30.5 Å². The van der Waals surface area contributed by atoms with Crippen molar-refractivity contribution >= 4 is 11.5 Å². The molecule has 0 radical (unpaired) electrons. The van der Waals surface area contributed by atoms with Crippen LogP contribution in [0.1, 0.15) is 32.2 Å². The van der Waals surface area contributed by atoms with Crippen LogP contribution < -0.4 is 10.1 Å². The molecule has 0 bridgehead atoms. The highest BCUT2D eigenvalue weighted by Gasteiger charge is 2.21. The summed E-state index contributed by atoms with van der Waals surface area (Å²) in [6.45, 7) is 6.90. The van der Waals surface area contributed by atoms with Gasteiger partial charge in [-0.25, -0.2) is 4.98 Å². The van der Waals surface area contributed by atoms with Crippen LogP contribution in [0.25, 0.3) is 5.65 Å². The number of aromatic nitrogens is 5. The Morgan fingerprint density at radius 2 is 1.96 bits per heavy atom. The molecule has 0 unspecified atom stereocenters. The van der Waals surface area contributed by atoms with Gasteiger partial charge >= 0.3 is 0 Å². The lowest BCUT2D eigenvalue weighted by Crippen LogP contribution is -2.17. The fourth-order valence-corrected chi connectivity index (χ4v) is 2.18. The Labute approximate surface area is 134 Å². The van der Waals surface area contributed by atoms with Crippen LogP contribution in [0.2, 0.25) is 0 Å². The quantitative estimate of drug-likeness (QED) is 0.797. The average Bonchev–Trinajstić information content (AvgIpc) is 2.96. The third kappa shape index (κ3) is 3.23. The van der Waals surface area contributed by atoms with Crippen LogP contribution in [0.5, 0.6) is 5.88 Å². The molecule has 3 rings (SSSR count). The number of pyridine rings is 1. The van der Waals surface area contributed by atoms with Gasteiger partial charge < -0.3 is 10.1 Å². The monoisotopic (exact) mass is 312 g/mol. The van der Waals surface area contributed by atoms with Crippen molar-refractivity contribution in [2.45, 2.75) is 32.7 Å². The highest BCUT2D eigenvalue weighted by atomic mass is 16.5. The van der Waals surface area contributed by atoms with E-state index in [4.69, 9.17) is 4.74 Å². The Morgan fingerprint density at radius 1 is 1.13 bits per heavy atom. The number of hydrogen-bond donors (Lipinski definition) is 1. The van der Waals surface area contributed by atoms with Gasteiger partial charge in [-0.2, -0.15) is 4.52 Å². The summed E-state index contributed by atoms with van der Waals surface area (Å²) in [5.41, 5.74) is 1.67. The van der Waals surface area contributed by atoms with E-state index in [2.05, 4.69) is 46.4 Å². The summed E-state index contributed by atoms with van der Waals surface area (Å²) in [5.74, 6) is 2.20. The molecule has 0 saturated heterocycles. The van der Waals surface area contributed by atoms with Gasteiger partial charge in [-0.3, -0.25) is 0 Å². The molecule has 3 heterocycles. The van der Waals surface area contributed by atoms with Gasteiger partial charge in [0.15, 0.2) is 11.5 Å². The molecule has 0 fully saturated rings. The van der Waals surface area contributed by atoms with Gasteiger partial charge in [0.25, 0.3) is 0 Å². The molecule has 3 aromatic rings. The Balaban J connectivity index is 1.80. The summed E-state index contributed by atoms with van der Waals surface area (Å²) in [6.07, 6.45) is 1.78. The first-order valence-electron chi connectivity index (χ1n) is 7.43. The molecule has 23 heavy (non-hydrogen) atoms. The highest BCUT2D eigenvalue weighted by molar-refractivity contribution is 5.44. The number of hydrogen-bond acceptors (Lipinski definition) is 6. The van der Waals surface area contributed by atoms with E-state index in [0.29, 0.717) is 12.4 Å². The highest BCUT2D eigenvalue weighted by Crippen LogP contribution is 2.20. The zero-order chi connectivity index (χ0) is 16.4. The topological polar surface area (TPSA) is 77.2 Å². The molecule has 7 heteroatoms. The zero-order valence-corrected chi connectivity index (χ0v) is 13.7. The lowest BCUT2D eigenvalue weighted by Gasteiger charge is -2.15. The Bertz CT molecular complexity index is 804. The van der Waals surface area contributed by atoms with Gasteiger partial charge in [-0.15, -0.1) is 15.3 Å². The number of fused-ring (bicyclic) bond motifs is 1. The zero-order valence-electron chi connectivity index (χ0n) is 13.7. The number of ether oxygens (including phenoxy) is 1. The fraction of sp³-hybridized carbons (Fsp3) is 0.375. The normalized spacial score (nSPS) is 11.7. The van der Waals surface area contributed by atoms with E-state index in [1.54, 1.807) is 17.8 Å². The van der Waals surface area contributed by atoms with E-state index in [1.165, 1.54) is 0 Å². The standard InChI is InChI=1S/C16H20N6O/c1-16(2,3)15-20-19-13-7-6-12(21-22(13)15)17-9-11-5-8-14(23-4)18-10-11/h5-8,10H,9H2,1-4H3,(H,17,21). The van der Waals surface area contributed by atoms with E-state index in [-0.39, 0.29) is 5.41 Å². The minimum atomic E-state index is -0.120. The summed E-state index contributed by atoms with van der Waals surface area (Å²) in [5, 5.41) is 16.3. The molecule has 120 valence electrons. The first-order valence-corrected chi connectivity index (χ1v) is 7.43. The smallest absolute Gasteiger partial charge is 0.212 e. The molecule has 7 nitrogen and oxygen atoms in total. The fourth-order valence-electron chi connectivity index (χ4n) is 2.18. The molecule has 1 N–H and O–H groups in total. The Morgan fingerprint density at radius 3 is 2.61 bits per heavy atom. The molecule has 0 amide bonds. The largest absolute Gasteiger partial charge is 0.481 e. The third-order valence-electron chi connectivity index (χ3n) is 3.41. The average molecular weight is 312 g/mol. The van der Waals surface area contributed by atoms with Crippen molar-refractivity contribution in [2.75, 3.05) is 12.4 Å². The second-order valence-electron chi connectivity index (χ2n) is 6.32. The van der Waals surface area contributed by atoms with Crippen LogP contribution in [0.3, 0.4) is 0 Å². The van der Waals surface area contributed by atoms with Gasteiger partial charge in [0.2, 0.25) is 5.88 Å². The van der Waals surface area contributed by atoms with Gasteiger partial charge in [-0.1, -0.05) is 26.8 Å².